The molecule has 3 aromatic carbocycles. The summed E-state index contributed by atoms with van der Waals surface area (Å²) in [6, 6.07) is 27.4. The standard InChI is InChI=1S/C30H32N4O3/c1-2-25(21-11-5-3-6-12-21)33-27(35)19-24-23-15-9-10-16-26(23)34-29(22-13-7-4-8-14-22)30(24)37-18-17-32-28(36)20-31/h3-16,25H,2,17-20,31H2,1H3,(H,32,36)(H,33,35)/t25-/m0/s1. The van der Waals surface area contributed by atoms with Gasteiger partial charge in [-0.15, -0.1) is 0 Å². The minimum atomic E-state index is -0.255. The van der Waals surface area contributed by atoms with Crippen LogP contribution in [-0.4, -0.2) is 36.5 Å². The van der Waals surface area contributed by atoms with E-state index in [0.717, 1.165) is 34.0 Å². The number of nitrogens with one attached hydrogen (secondary N) is 2. The van der Waals surface area contributed by atoms with Crippen molar-refractivity contribution in [1.29, 1.82) is 0 Å². The molecule has 0 bridgehead atoms. The van der Waals surface area contributed by atoms with E-state index in [0.29, 0.717) is 11.4 Å². The molecule has 0 spiro atoms. The summed E-state index contributed by atoms with van der Waals surface area (Å²) in [5, 5.41) is 6.76. The minimum Gasteiger partial charge on any atom is -0.489 e. The lowest BCUT2D eigenvalue weighted by molar-refractivity contribution is -0.121. The Labute approximate surface area is 217 Å². The average molecular weight is 497 g/mol. The Balaban J connectivity index is 1.71. The Kier molecular flexibility index (Phi) is 8.84. The molecular formula is C30H32N4O3. The van der Waals surface area contributed by atoms with Crippen LogP contribution >= 0.6 is 0 Å². The van der Waals surface area contributed by atoms with Gasteiger partial charge in [0.15, 0.2) is 0 Å². The fourth-order valence-corrected chi connectivity index (χ4v) is 4.31. The van der Waals surface area contributed by atoms with Gasteiger partial charge in [-0.05, 0) is 18.1 Å². The Morgan fingerprint density at radius 1 is 0.919 bits per heavy atom. The number of amides is 2. The monoisotopic (exact) mass is 496 g/mol. The van der Waals surface area contributed by atoms with Crippen LogP contribution in [0.25, 0.3) is 22.2 Å². The predicted molar refractivity (Wildman–Crippen MR) is 146 cm³/mol. The highest BCUT2D eigenvalue weighted by Gasteiger charge is 2.21. The molecule has 2 amide bonds. The summed E-state index contributed by atoms with van der Waals surface area (Å²) in [6.45, 7) is 2.46. The van der Waals surface area contributed by atoms with Gasteiger partial charge in [0.25, 0.3) is 0 Å². The van der Waals surface area contributed by atoms with Crippen LogP contribution < -0.4 is 21.1 Å². The molecule has 7 heteroatoms. The first-order chi connectivity index (χ1) is 18.1. The van der Waals surface area contributed by atoms with Crippen LogP contribution in [0, 0.1) is 0 Å². The molecule has 0 aliphatic heterocycles. The molecule has 4 N–H and O–H groups in total. The van der Waals surface area contributed by atoms with E-state index in [9.17, 15) is 9.59 Å². The van der Waals surface area contributed by atoms with E-state index in [1.807, 2.05) is 84.9 Å². The van der Waals surface area contributed by atoms with Gasteiger partial charge in [-0.25, -0.2) is 4.98 Å². The van der Waals surface area contributed by atoms with Gasteiger partial charge in [-0.3, -0.25) is 9.59 Å². The summed E-state index contributed by atoms with van der Waals surface area (Å²) < 4.78 is 6.24. The molecule has 0 aliphatic carbocycles. The number of benzene rings is 3. The summed E-state index contributed by atoms with van der Waals surface area (Å²) in [7, 11) is 0. The molecule has 0 radical (unpaired) electrons. The van der Waals surface area contributed by atoms with Gasteiger partial charge in [-0.2, -0.15) is 0 Å². The van der Waals surface area contributed by atoms with Crippen LogP contribution in [0.15, 0.2) is 84.9 Å². The van der Waals surface area contributed by atoms with Crippen LogP contribution in [0.3, 0.4) is 0 Å². The normalized spacial score (nSPS) is 11.6. The van der Waals surface area contributed by atoms with E-state index in [2.05, 4.69) is 17.6 Å². The summed E-state index contributed by atoms with van der Waals surface area (Å²) in [5.41, 5.74) is 9.53. The Bertz CT molecular complexity index is 1340. The SMILES string of the molecule is CC[C@H](NC(=O)Cc1c(OCCNC(=O)CN)c(-c2ccccc2)nc2ccccc12)c1ccccc1. The molecule has 4 rings (SSSR count). The van der Waals surface area contributed by atoms with Gasteiger partial charge in [-0.1, -0.05) is 85.8 Å². The van der Waals surface area contributed by atoms with Crippen molar-refractivity contribution in [1.82, 2.24) is 15.6 Å². The first-order valence-electron chi connectivity index (χ1n) is 12.5. The summed E-state index contributed by atoms with van der Waals surface area (Å²) in [5.74, 6) is 0.178. The zero-order valence-electron chi connectivity index (χ0n) is 20.9. The van der Waals surface area contributed by atoms with Crippen molar-refractivity contribution in [3.8, 4) is 17.0 Å². The highest BCUT2D eigenvalue weighted by Crippen LogP contribution is 2.37. The Morgan fingerprint density at radius 3 is 2.30 bits per heavy atom. The first-order valence-corrected chi connectivity index (χ1v) is 12.5. The lowest BCUT2D eigenvalue weighted by atomic mass is 9.99. The number of aromatic nitrogens is 1. The van der Waals surface area contributed by atoms with Crippen LogP contribution in [0.2, 0.25) is 0 Å². The highest BCUT2D eigenvalue weighted by molar-refractivity contribution is 5.93. The Morgan fingerprint density at radius 2 is 1.59 bits per heavy atom. The van der Waals surface area contributed by atoms with E-state index < -0.39 is 0 Å². The maximum Gasteiger partial charge on any atom is 0.233 e. The molecule has 1 aromatic heterocycles. The van der Waals surface area contributed by atoms with E-state index >= 15 is 0 Å². The largest absolute Gasteiger partial charge is 0.489 e. The van der Waals surface area contributed by atoms with Crippen molar-refractivity contribution in [3.05, 3.63) is 96.1 Å². The smallest absolute Gasteiger partial charge is 0.233 e. The van der Waals surface area contributed by atoms with Crippen LogP contribution in [0.1, 0.15) is 30.5 Å². The maximum atomic E-state index is 13.4. The highest BCUT2D eigenvalue weighted by atomic mass is 16.5. The Hall–Kier alpha value is -4.23. The lowest BCUT2D eigenvalue weighted by Gasteiger charge is -2.20. The van der Waals surface area contributed by atoms with Crippen molar-refractivity contribution >= 4 is 22.7 Å². The van der Waals surface area contributed by atoms with Crippen molar-refractivity contribution < 1.29 is 14.3 Å². The van der Waals surface area contributed by atoms with Crippen molar-refractivity contribution in [2.75, 3.05) is 19.7 Å². The van der Waals surface area contributed by atoms with Crippen LogP contribution in [0.4, 0.5) is 0 Å². The van der Waals surface area contributed by atoms with Crippen LogP contribution in [-0.2, 0) is 16.0 Å². The minimum absolute atomic E-state index is 0.0851. The molecule has 37 heavy (non-hydrogen) atoms. The molecule has 190 valence electrons. The fraction of sp³-hybridized carbons (Fsp3) is 0.233. The summed E-state index contributed by atoms with van der Waals surface area (Å²) in [4.78, 5) is 29.9. The second-order valence-electron chi connectivity index (χ2n) is 8.67. The second-order valence-corrected chi connectivity index (χ2v) is 8.67. The molecule has 0 saturated carbocycles. The van der Waals surface area contributed by atoms with Gasteiger partial charge >= 0.3 is 0 Å². The number of hydrogen-bond acceptors (Lipinski definition) is 5. The molecule has 0 aliphatic rings. The fourth-order valence-electron chi connectivity index (χ4n) is 4.31. The van der Waals surface area contributed by atoms with Gasteiger partial charge in [0.05, 0.1) is 31.1 Å². The maximum absolute atomic E-state index is 13.4. The number of para-hydroxylation sites is 1. The summed E-state index contributed by atoms with van der Waals surface area (Å²) >= 11 is 0. The van der Waals surface area contributed by atoms with Gasteiger partial charge in [0.2, 0.25) is 11.8 Å². The zero-order valence-corrected chi connectivity index (χ0v) is 20.9. The number of ether oxygens (including phenoxy) is 1. The third-order valence-electron chi connectivity index (χ3n) is 6.14. The number of nitrogens with zero attached hydrogens (tertiary/aromatic N) is 1. The van der Waals surface area contributed by atoms with Crippen LogP contribution in [0.5, 0.6) is 5.75 Å². The molecular weight excluding hydrogens is 464 g/mol. The number of carbonyl (C=O) groups is 2. The summed E-state index contributed by atoms with van der Waals surface area (Å²) in [6.07, 6.45) is 0.892. The lowest BCUT2D eigenvalue weighted by Crippen LogP contribution is -2.33. The van der Waals surface area contributed by atoms with Crippen molar-refractivity contribution in [3.63, 3.8) is 0 Å². The number of hydrogen-bond donors (Lipinski definition) is 3. The van der Waals surface area contributed by atoms with Gasteiger partial charge in [0.1, 0.15) is 18.1 Å². The van der Waals surface area contributed by atoms with E-state index in [-0.39, 0.29) is 44.0 Å². The number of rotatable bonds is 11. The third kappa shape index (κ3) is 6.51. The third-order valence-corrected chi connectivity index (χ3v) is 6.14. The van der Waals surface area contributed by atoms with Crippen molar-refractivity contribution in [2.24, 2.45) is 5.73 Å². The second kappa shape index (κ2) is 12.6. The topological polar surface area (TPSA) is 106 Å². The molecule has 0 unspecified atom stereocenters. The quantitative estimate of drug-likeness (QED) is 0.270. The van der Waals surface area contributed by atoms with Gasteiger partial charge in [0, 0.05) is 16.5 Å². The molecule has 0 saturated heterocycles. The molecule has 1 atom stereocenters. The van der Waals surface area contributed by atoms with E-state index in [1.165, 1.54) is 0 Å². The van der Waals surface area contributed by atoms with Crippen molar-refractivity contribution in [2.45, 2.75) is 25.8 Å². The average Bonchev–Trinajstić information content (AvgIpc) is 2.95. The number of pyridine rings is 1. The first kappa shape index (κ1) is 25.9. The molecule has 4 aromatic rings. The molecule has 0 fully saturated rings. The molecule has 7 nitrogen and oxygen atoms in total. The number of fused-ring (bicyclic) bond motifs is 1. The number of nitrogens with two attached hydrogens (primary N) is 1. The van der Waals surface area contributed by atoms with E-state index in [4.69, 9.17) is 15.5 Å². The number of carbonyl (C=O) groups excluding carboxylic acids is 2. The zero-order chi connectivity index (χ0) is 26.0. The van der Waals surface area contributed by atoms with Gasteiger partial charge < -0.3 is 21.1 Å². The molecule has 1 heterocycles. The predicted octanol–water partition coefficient (Wildman–Crippen LogP) is 4.17. The van der Waals surface area contributed by atoms with E-state index in [1.54, 1.807) is 0 Å².